The monoisotopic (exact) mass is 525 g/mol. The molecule has 4 atom stereocenters. The normalized spacial score (nSPS) is 22.9. The zero-order valence-corrected chi connectivity index (χ0v) is 20.4. The number of ketones is 2. The number of hydrogen-bond acceptors (Lipinski definition) is 8. The number of amides is 1. The smallest absolute Gasteiger partial charge is 0.406 e. The highest BCUT2D eigenvalue weighted by Crippen LogP contribution is 2.38. The quantitative estimate of drug-likeness (QED) is 0.355. The molecule has 0 bridgehead atoms. The molecule has 194 valence electrons. The molecule has 3 N–H and O–H groups in total. The van der Waals surface area contributed by atoms with E-state index >= 15 is 0 Å². The Morgan fingerprint density at radius 1 is 1.22 bits per heavy atom. The molecule has 1 aromatic carbocycles. The van der Waals surface area contributed by atoms with Crippen LogP contribution in [0.2, 0.25) is 0 Å². The largest absolute Gasteiger partial charge is 0.505 e. The molecule has 0 spiro atoms. The van der Waals surface area contributed by atoms with Crippen molar-refractivity contribution < 1.29 is 37.1 Å². The molecule has 1 aliphatic heterocycles. The van der Waals surface area contributed by atoms with Crippen molar-refractivity contribution in [2.24, 2.45) is 0 Å². The summed E-state index contributed by atoms with van der Waals surface area (Å²) in [6.07, 6.45) is -2.68. The van der Waals surface area contributed by atoms with Gasteiger partial charge in [0.25, 0.3) is 5.91 Å². The Kier molecular flexibility index (Phi) is 7.37. The number of anilines is 1. The summed E-state index contributed by atoms with van der Waals surface area (Å²) in [5.41, 5.74) is -0.403. The first-order chi connectivity index (χ1) is 17.0. The van der Waals surface area contributed by atoms with E-state index in [1.807, 2.05) is 19.1 Å². The number of nitrogens with one attached hydrogen (secondary N) is 2. The number of Topliss-reactive ketones (excluding diaryl/α,β-unsaturated/α-hetero) is 2. The van der Waals surface area contributed by atoms with E-state index in [0.29, 0.717) is 16.4 Å². The third-order valence-electron chi connectivity index (χ3n) is 6.25. The van der Waals surface area contributed by atoms with Crippen LogP contribution in [0.5, 0.6) is 5.75 Å². The van der Waals surface area contributed by atoms with Crippen molar-refractivity contribution >= 4 is 34.9 Å². The summed E-state index contributed by atoms with van der Waals surface area (Å²) in [4.78, 5) is 37.9. The van der Waals surface area contributed by atoms with E-state index in [9.17, 15) is 32.7 Å². The molecule has 2 aliphatic rings. The van der Waals surface area contributed by atoms with E-state index in [-0.39, 0.29) is 22.5 Å². The second kappa shape index (κ2) is 10.2. The maximum Gasteiger partial charge on any atom is 0.406 e. The first-order valence-electron chi connectivity index (χ1n) is 11.4. The minimum Gasteiger partial charge on any atom is -0.505 e. The van der Waals surface area contributed by atoms with E-state index in [1.165, 1.54) is 18.2 Å². The Labute approximate surface area is 209 Å². The minimum absolute atomic E-state index is 0.0421. The number of alkyl halides is 3. The van der Waals surface area contributed by atoms with Crippen LogP contribution < -0.4 is 10.6 Å². The number of phenols is 1. The number of phenolic OH excluding ortho intramolecular Hbond substituents is 1. The molecule has 8 nitrogen and oxygen atoms in total. The van der Waals surface area contributed by atoms with Crippen LogP contribution in [0.15, 0.2) is 34.7 Å². The number of furan rings is 1. The van der Waals surface area contributed by atoms with Crippen molar-refractivity contribution in [1.29, 1.82) is 0 Å². The molecule has 12 heteroatoms. The predicted octanol–water partition coefficient (Wildman–Crippen LogP) is 3.46. The lowest BCUT2D eigenvalue weighted by Gasteiger charge is -2.38. The Hall–Kier alpha value is -2.99. The molecule has 1 saturated carbocycles. The van der Waals surface area contributed by atoms with E-state index in [2.05, 4.69) is 10.6 Å². The van der Waals surface area contributed by atoms with E-state index in [0.717, 1.165) is 25.6 Å². The van der Waals surface area contributed by atoms with Gasteiger partial charge in [-0.1, -0.05) is 6.07 Å². The molecule has 1 aliphatic carbocycles. The van der Waals surface area contributed by atoms with E-state index in [1.54, 1.807) is 11.8 Å². The highest BCUT2D eigenvalue weighted by Gasteiger charge is 2.51. The molecule has 1 saturated heterocycles. The number of aromatic hydroxyl groups is 1. The summed E-state index contributed by atoms with van der Waals surface area (Å²) in [6.45, 7) is 0.325. The first kappa shape index (κ1) is 26.1. The van der Waals surface area contributed by atoms with Gasteiger partial charge in [-0.05, 0) is 49.8 Å². The third kappa shape index (κ3) is 5.39. The molecule has 2 aromatic rings. The number of carbonyl (C=O) groups excluding carboxylic acids is 3. The highest BCUT2D eigenvalue weighted by atomic mass is 32.2. The number of halogens is 3. The van der Waals surface area contributed by atoms with Crippen LogP contribution in [0.25, 0.3) is 0 Å². The number of nitrogens with zero attached hydrogens (tertiary/aromatic N) is 1. The van der Waals surface area contributed by atoms with Crippen molar-refractivity contribution in [1.82, 2.24) is 10.2 Å². The lowest BCUT2D eigenvalue weighted by atomic mass is 9.81. The highest BCUT2D eigenvalue weighted by molar-refractivity contribution is 8.00. The molecular formula is C24H26F3N3O5S. The van der Waals surface area contributed by atoms with Gasteiger partial charge in [0.2, 0.25) is 11.6 Å². The minimum atomic E-state index is -4.60. The fourth-order valence-corrected chi connectivity index (χ4v) is 5.81. The van der Waals surface area contributed by atoms with E-state index < -0.39 is 48.0 Å². The van der Waals surface area contributed by atoms with Crippen molar-refractivity contribution in [2.45, 2.75) is 49.3 Å². The van der Waals surface area contributed by atoms with Crippen molar-refractivity contribution in [3.05, 3.63) is 47.4 Å². The van der Waals surface area contributed by atoms with Gasteiger partial charge in [0, 0.05) is 12.3 Å². The Morgan fingerprint density at radius 3 is 2.56 bits per heavy atom. The van der Waals surface area contributed by atoms with Gasteiger partial charge in [0.05, 0.1) is 17.3 Å². The maximum absolute atomic E-state index is 12.7. The van der Waals surface area contributed by atoms with Crippen LogP contribution in [-0.2, 0) is 9.59 Å². The molecule has 4 rings (SSSR count). The number of para-hydroxylation sites is 1. The van der Waals surface area contributed by atoms with Crippen LogP contribution in [0.4, 0.5) is 18.9 Å². The number of thioether (sulfide) groups is 1. The first-order valence-corrected chi connectivity index (χ1v) is 12.4. The lowest BCUT2D eigenvalue weighted by Crippen LogP contribution is -2.68. The summed E-state index contributed by atoms with van der Waals surface area (Å²) >= 11 is 1.75. The Bertz CT molecular complexity index is 1160. The van der Waals surface area contributed by atoms with Crippen molar-refractivity contribution in [3.63, 3.8) is 0 Å². The number of carbonyl (C=O) groups is 3. The zero-order valence-electron chi connectivity index (χ0n) is 19.6. The summed E-state index contributed by atoms with van der Waals surface area (Å²) in [5.74, 6) is -0.628. The van der Waals surface area contributed by atoms with Crippen molar-refractivity contribution in [3.8, 4) is 5.75 Å². The fraction of sp³-hybridized carbons (Fsp3) is 0.458. The summed E-state index contributed by atoms with van der Waals surface area (Å²) in [6, 6.07) is 5.31. The summed E-state index contributed by atoms with van der Waals surface area (Å²) in [7, 11) is 0.973. The second-order valence-electron chi connectivity index (χ2n) is 8.95. The SMILES string of the molecule is Cc1ccc(C(NC2C(=O)C(=O)C2Nc2cccc(C(=O)N(C)CC(F)(F)F)c2O)C2CCCS2)o1. The summed E-state index contributed by atoms with van der Waals surface area (Å²) < 4.78 is 43.9. The Morgan fingerprint density at radius 2 is 1.94 bits per heavy atom. The van der Waals surface area contributed by atoms with Gasteiger partial charge in [0.1, 0.15) is 30.1 Å². The van der Waals surface area contributed by atoms with Gasteiger partial charge in [-0.2, -0.15) is 24.9 Å². The summed E-state index contributed by atoms with van der Waals surface area (Å²) in [5, 5.41) is 16.8. The standard InChI is InChI=1S/C24H26F3N3O5S/c1-12-8-9-15(35-12)17(16-7-4-10-36-16)29-19-18(21(32)22(19)33)28-14-6-3-5-13(20(14)31)23(34)30(2)11-24(25,26)27/h3,5-6,8-9,16-19,28-29,31H,4,7,10-11H2,1-2H3. The number of benzene rings is 1. The molecule has 1 aromatic heterocycles. The average Bonchev–Trinajstić information content (AvgIpc) is 3.50. The van der Waals surface area contributed by atoms with E-state index in [4.69, 9.17) is 4.42 Å². The van der Waals surface area contributed by atoms with Gasteiger partial charge >= 0.3 is 6.18 Å². The van der Waals surface area contributed by atoms with Crippen LogP contribution in [0.1, 0.15) is 40.8 Å². The number of hydrogen-bond donors (Lipinski definition) is 3. The predicted molar refractivity (Wildman–Crippen MR) is 127 cm³/mol. The zero-order chi connectivity index (χ0) is 26.2. The van der Waals surface area contributed by atoms with Gasteiger partial charge in [-0.25, -0.2) is 0 Å². The molecule has 2 fully saturated rings. The van der Waals surface area contributed by atoms with Crippen LogP contribution >= 0.6 is 11.8 Å². The lowest BCUT2D eigenvalue weighted by molar-refractivity contribution is -0.145. The number of rotatable bonds is 8. The van der Waals surface area contributed by atoms with Gasteiger partial charge in [-0.15, -0.1) is 0 Å². The van der Waals surface area contributed by atoms with Gasteiger partial charge < -0.3 is 19.7 Å². The topological polar surface area (TPSA) is 112 Å². The molecule has 4 unspecified atom stereocenters. The molecule has 1 amide bonds. The van der Waals surface area contributed by atoms with Crippen LogP contribution in [0, 0.1) is 6.92 Å². The number of aryl methyl sites for hydroxylation is 1. The van der Waals surface area contributed by atoms with Crippen LogP contribution in [0.3, 0.4) is 0 Å². The molecular weight excluding hydrogens is 499 g/mol. The Balaban J connectivity index is 1.53. The third-order valence-corrected chi connectivity index (χ3v) is 7.71. The molecule has 2 heterocycles. The average molecular weight is 526 g/mol. The molecule has 0 radical (unpaired) electrons. The fourth-order valence-electron chi connectivity index (χ4n) is 4.43. The van der Waals surface area contributed by atoms with Crippen molar-refractivity contribution in [2.75, 3.05) is 24.7 Å². The molecule has 36 heavy (non-hydrogen) atoms. The van der Waals surface area contributed by atoms with Gasteiger partial charge in [-0.3, -0.25) is 19.7 Å². The maximum atomic E-state index is 12.7. The second-order valence-corrected chi connectivity index (χ2v) is 10.3. The van der Waals surface area contributed by atoms with Crippen LogP contribution in [-0.4, -0.2) is 70.3 Å². The van der Waals surface area contributed by atoms with Gasteiger partial charge in [0.15, 0.2) is 5.75 Å².